The molecule has 0 radical (unpaired) electrons. The molecule has 2 aliphatic heterocycles. The third-order valence-electron chi connectivity index (χ3n) is 5.37. The Labute approximate surface area is 152 Å². The maximum atomic E-state index is 4.96. The summed E-state index contributed by atoms with van der Waals surface area (Å²) in [4.78, 5) is 13.9. The van der Waals surface area contributed by atoms with Crippen LogP contribution in [0, 0.1) is 13.8 Å². The van der Waals surface area contributed by atoms with Crippen molar-refractivity contribution >= 4 is 11.5 Å². The van der Waals surface area contributed by atoms with Crippen LogP contribution in [-0.4, -0.2) is 50.2 Å². The molecule has 0 spiro atoms. The lowest BCUT2D eigenvalue weighted by Crippen LogP contribution is -2.49. The van der Waals surface area contributed by atoms with Gasteiger partial charge in [-0.2, -0.15) is 0 Å². The Morgan fingerprint density at radius 1 is 1.12 bits per heavy atom. The molecule has 0 saturated carbocycles. The van der Waals surface area contributed by atoms with E-state index in [1.165, 1.54) is 0 Å². The summed E-state index contributed by atoms with van der Waals surface area (Å²) < 4.78 is 1.98. The molecule has 0 N–H and O–H groups in total. The van der Waals surface area contributed by atoms with Gasteiger partial charge >= 0.3 is 0 Å². The molecule has 0 amide bonds. The van der Waals surface area contributed by atoms with Crippen LogP contribution >= 0.6 is 0 Å². The van der Waals surface area contributed by atoms with Crippen LogP contribution < -0.4 is 4.90 Å². The van der Waals surface area contributed by atoms with Crippen LogP contribution in [0.25, 0.3) is 16.9 Å². The molecule has 1 atom stereocenters. The summed E-state index contributed by atoms with van der Waals surface area (Å²) in [5.74, 6) is 1.02. The summed E-state index contributed by atoms with van der Waals surface area (Å²) in [6.07, 6.45) is 7.49. The van der Waals surface area contributed by atoms with Gasteiger partial charge in [0.25, 0.3) is 0 Å². The quantitative estimate of drug-likeness (QED) is 0.714. The summed E-state index contributed by atoms with van der Waals surface area (Å²) in [6, 6.07) is 8.87. The second-order valence-electron chi connectivity index (χ2n) is 7.15. The van der Waals surface area contributed by atoms with Crippen LogP contribution in [0.3, 0.4) is 0 Å². The lowest BCUT2D eigenvalue weighted by atomic mass is 10.1. The number of piperazine rings is 1. The topological polar surface area (TPSA) is 49.6 Å². The van der Waals surface area contributed by atoms with E-state index in [2.05, 4.69) is 45.3 Å². The molecule has 5 rings (SSSR count). The zero-order valence-electron chi connectivity index (χ0n) is 15.1. The Kier molecular flexibility index (Phi) is 3.45. The smallest absolute Gasteiger partial charge is 0.154 e. The Morgan fingerprint density at radius 2 is 2.04 bits per heavy atom. The molecule has 1 fully saturated rings. The molecule has 6 nitrogen and oxygen atoms in total. The highest BCUT2D eigenvalue weighted by Crippen LogP contribution is 2.27. The van der Waals surface area contributed by atoms with E-state index < -0.39 is 0 Å². The number of aromatic nitrogens is 4. The summed E-state index contributed by atoms with van der Waals surface area (Å²) in [6.45, 7) is 7.12. The second-order valence-corrected chi connectivity index (χ2v) is 7.15. The Bertz CT molecular complexity index is 1000. The monoisotopic (exact) mass is 346 g/mol. The highest BCUT2D eigenvalue weighted by molar-refractivity contribution is 5.67. The highest BCUT2D eigenvalue weighted by atomic mass is 15.4. The number of aryl methyl sites for hydroxylation is 2. The van der Waals surface area contributed by atoms with Crippen molar-refractivity contribution < 1.29 is 0 Å². The van der Waals surface area contributed by atoms with Gasteiger partial charge in [-0.3, -0.25) is 4.98 Å². The van der Waals surface area contributed by atoms with Crippen molar-refractivity contribution in [3.63, 3.8) is 0 Å². The summed E-state index contributed by atoms with van der Waals surface area (Å²) in [5.41, 5.74) is 5.03. The summed E-state index contributed by atoms with van der Waals surface area (Å²) in [5, 5.41) is 4.96. The van der Waals surface area contributed by atoms with Crippen LogP contribution in [-0.2, 0) is 0 Å². The first kappa shape index (κ1) is 15.4. The highest BCUT2D eigenvalue weighted by Gasteiger charge is 2.28. The van der Waals surface area contributed by atoms with Crippen LogP contribution in [0.2, 0.25) is 0 Å². The van der Waals surface area contributed by atoms with Crippen molar-refractivity contribution in [2.75, 3.05) is 24.5 Å². The van der Waals surface area contributed by atoms with E-state index >= 15 is 0 Å². The number of imidazole rings is 1. The molecule has 0 aliphatic carbocycles. The first-order chi connectivity index (χ1) is 12.7. The minimum atomic E-state index is 0.577. The fourth-order valence-corrected chi connectivity index (χ4v) is 4.06. The van der Waals surface area contributed by atoms with Gasteiger partial charge in [-0.15, -0.1) is 5.10 Å². The van der Waals surface area contributed by atoms with Gasteiger partial charge in [-0.25, -0.2) is 9.50 Å². The second kappa shape index (κ2) is 5.83. The number of anilines is 1. The fraction of sp³-hybridized carbons (Fsp3) is 0.350. The number of hydrogen-bond donors (Lipinski definition) is 0. The molecule has 0 aromatic carbocycles. The molecule has 3 aromatic heterocycles. The molecule has 1 unspecified atom stereocenters. The van der Waals surface area contributed by atoms with Crippen molar-refractivity contribution in [2.24, 2.45) is 0 Å². The normalized spacial score (nSPS) is 19.4. The molecule has 26 heavy (non-hydrogen) atoms. The van der Waals surface area contributed by atoms with E-state index in [4.69, 9.17) is 10.1 Å². The maximum absolute atomic E-state index is 4.96. The predicted octanol–water partition coefficient (Wildman–Crippen LogP) is 2.82. The minimum absolute atomic E-state index is 0.577. The van der Waals surface area contributed by atoms with Gasteiger partial charge in [0, 0.05) is 43.1 Å². The third kappa shape index (κ3) is 2.44. The van der Waals surface area contributed by atoms with E-state index in [-0.39, 0.29) is 0 Å². The number of hydrogen-bond acceptors (Lipinski definition) is 5. The Morgan fingerprint density at radius 3 is 2.92 bits per heavy atom. The molecule has 5 heterocycles. The Balaban J connectivity index is 1.56. The zero-order valence-corrected chi connectivity index (χ0v) is 15.1. The average molecular weight is 346 g/mol. The van der Waals surface area contributed by atoms with Gasteiger partial charge < -0.3 is 9.80 Å². The number of pyridine rings is 1. The first-order valence-corrected chi connectivity index (χ1v) is 9.16. The molecule has 6 heteroatoms. The Hall–Kier alpha value is -2.89. The number of nitrogens with zero attached hydrogens (tertiary/aromatic N) is 6. The maximum Gasteiger partial charge on any atom is 0.154 e. The number of fused-ring (bicyclic) bond motifs is 2. The van der Waals surface area contributed by atoms with E-state index in [0.29, 0.717) is 6.04 Å². The molecule has 1 saturated heterocycles. The van der Waals surface area contributed by atoms with Crippen LogP contribution in [0.4, 0.5) is 5.82 Å². The molecular formula is C20H22N6. The van der Waals surface area contributed by atoms with Gasteiger partial charge in [0.2, 0.25) is 0 Å². The van der Waals surface area contributed by atoms with E-state index in [9.17, 15) is 0 Å². The van der Waals surface area contributed by atoms with Gasteiger partial charge in [-0.1, -0.05) is 6.08 Å². The van der Waals surface area contributed by atoms with E-state index in [1.54, 1.807) is 0 Å². The van der Waals surface area contributed by atoms with Crippen molar-refractivity contribution in [1.82, 2.24) is 24.5 Å². The zero-order chi connectivity index (χ0) is 17.7. The van der Waals surface area contributed by atoms with Crippen molar-refractivity contribution in [2.45, 2.75) is 26.3 Å². The first-order valence-electron chi connectivity index (χ1n) is 9.16. The third-order valence-corrected chi connectivity index (χ3v) is 5.37. The van der Waals surface area contributed by atoms with Crippen LogP contribution in [0.1, 0.15) is 17.8 Å². The minimum Gasteiger partial charge on any atom is -0.371 e. The predicted molar refractivity (Wildman–Crippen MR) is 102 cm³/mol. The molecule has 0 bridgehead atoms. The van der Waals surface area contributed by atoms with Crippen molar-refractivity contribution in [1.29, 1.82) is 0 Å². The van der Waals surface area contributed by atoms with Crippen molar-refractivity contribution in [3.8, 4) is 11.3 Å². The number of rotatable bonds is 2. The van der Waals surface area contributed by atoms with E-state index in [0.717, 1.165) is 60.2 Å². The molecular weight excluding hydrogens is 324 g/mol. The standard InChI is InChI=1S/C20H22N6/c1-14-12-16(7-8-21-14)20-15(2)22-18-5-6-19(23-26(18)20)25-11-10-24-9-3-4-17(24)13-25/h3,5-9,12,17H,4,10-11,13H2,1-2H3. The van der Waals surface area contributed by atoms with Crippen LogP contribution in [0.5, 0.6) is 0 Å². The lowest BCUT2D eigenvalue weighted by molar-refractivity contribution is 0.270. The summed E-state index contributed by atoms with van der Waals surface area (Å²) >= 11 is 0. The molecule has 132 valence electrons. The molecule has 2 aliphatic rings. The lowest BCUT2D eigenvalue weighted by Gasteiger charge is -2.38. The van der Waals surface area contributed by atoms with Crippen molar-refractivity contribution in [3.05, 3.63) is 54.1 Å². The SMILES string of the molecule is Cc1cc(-c2c(C)nc3ccc(N4CCN5C=CCC5C4)nn23)ccn1. The van der Waals surface area contributed by atoms with Crippen LogP contribution in [0.15, 0.2) is 42.7 Å². The summed E-state index contributed by atoms with van der Waals surface area (Å²) in [7, 11) is 0. The van der Waals surface area contributed by atoms with E-state index in [1.807, 2.05) is 30.6 Å². The average Bonchev–Trinajstić information content (AvgIpc) is 3.23. The molecule has 3 aromatic rings. The van der Waals surface area contributed by atoms with Gasteiger partial charge in [0.05, 0.1) is 11.4 Å². The largest absolute Gasteiger partial charge is 0.371 e. The van der Waals surface area contributed by atoms with Gasteiger partial charge in [0.1, 0.15) is 5.82 Å². The fourth-order valence-electron chi connectivity index (χ4n) is 4.06. The van der Waals surface area contributed by atoms with Gasteiger partial charge in [-0.05, 0) is 50.7 Å². The van der Waals surface area contributed by atoms with Gasteiger partial charge in [0.15, 0.2) is 5.65 Å².